The fraction of sp³-hybridized carbons (Fsp3) is 0.684. The number of hydrogen-bond donors (Lipinski definition) is 0. The van der Waals surface area contributed by atoms with E-state index < -0.39 is 42.9 Å². The molecule has 0 aromatic heterocycles. The molecule has 5 heteroatoms. The number of hydrogen-bond acceptors (Lipinski definition) is 1. The molecule has 0 heterocycles. The van der Waals surface area contributed by atoms with E-state index in [1.807, 2.05) is 0 Å². The molecule has 0 aliphatic carbocycles. The van der Waals surface area contributed by atoms with Crippen LogP contribution in [0.25, 0.3) is 0 Å². The molecule has 0 bridgehead atoms. The molecule has 0 radical (unpaired) electrons. The van der Waals surface area contributed by atoms with Crippen molar-refractivity contribution in [3.05, 3.63) is 0 Å². The summed E-state index contributed by atoms with van der Waals surface area (Å²) < 4.78 is 13.8. The first kappa shape index (κ1) is 24.1. The molecule has 0 aliphatic heterocycles. The molecule has 0 spiro atoms. The Hall–Kier alpha value is 0.0894. The summed E-state index contributed by atoms with van der Waals surface area (Å²) in [5, 5.41) is 0. The molecule has 0 atom stereocenters. The van der Waals surface area contributed by atoms with Gasteiger partial charge in [-0.25, -0.2) is 0 Å². The van der Waals surface area contributed by atoms with Crippen molar-refractivity contribution in [1.82, 2.24) is 3.12 Å². The van der Waals surface area contributed by atoms with Crippen LogP contribution in [0, 0.1) is 28.4 Å². The van der Waals surface area contributed by atoms with Crippen LogP contribution in [0.5, 0.6) is 0 Å². The minimum absolute atomic E-state index is 1.01. The molecule has 0 aliphatic rings. The summed E-state index contributed by atoms with van der Waals surface area (Å²) >= 11 is -3.32. The van der Waals surface area contributed by atoms with E-state index >= 15 is 0 Å². The van der Waals surface area contributed by atoms with Gasteiger partial charge in [0.2, 0.25) is 0 Å². The topological polar surface area (TPSA) is 3.24 Å². The van der Waals surface area contributed by atoms with Gasteiger partial charge in [-0.05, 0) is 0 Å². The van der Waals surface area contributed by atoms with E-state index in [4.69, 9.17) is 0 Å². The van der Waals surface area contributed by atoms with Gasteiger partial charge in [-0.3, -0.25) is 0 Å². The SMILES string of the molecule is CC[N](CC)[Sn]([C]#C[Si](C)(C)C)([C]#C[Si](C)(C)C)[C]#C[Si](C)(C)C. The molecule has 0 rings (SSSR count). The molecule has 0 unspecified atom stereocenters. The van der Waals surface area contributed by atoms with E-state index in [2.05, 4.69) is 104 Å². The van der Waals surface area contributed by atoms with Gasteiger partial charge in [0.05, 0.1) is 0 Å². The fourth-order valence-electron chi connectivity index (χ4n) is 1.86. The summed E-state index contributed by atoms with van der Waals surface area (Å²) in [6.45, 7) is 27.3. The minimum atomic E-state index is -3.32. The standard InChI is InChI=1S/3C5H9Si.C4H10N.Sn/c3*1-5-6(2,3)4;1-3-5-4-2;/h3*2-4H3;3-4H2,1-2H3;/q;;;-1;+1. The van der Waals surface area contributed by atoms with Crippen LogP contribution in [0.3, 0.4) is 0 Å². The second-order valence-electron chi connectivity index (χ2n) is 9.38. The van der Waals surface area contributed by atoms with Gasteiger partial charge in [-0.15, -0.1) is 0 Å². The Bertz CT molecular complexity index is 519. The van der Waals surface area contributed by atoms with Crippen molar-refractivity contribution in [2.75, 3.05) is 13.1 Å². The van der Waals surface area contributed by atoms with Gasteiger partial charge < -0.3 is 0 Å². The molecule has 0 aromatic rings. The Labute approximate surface area is 159 Å². The molecule has 0 saturated heterocycles. The van der Waals surface area contributed by atoms with Crippen LogP contribution in [-0.2, 0) is 0 Å². The van der Waals surface area contributed by atoms with Crippen molar-refractivity contribution in [1.29, 1.82) is 0 Å². The molecule has 0 amide bonds. The zero-order valence-corrected chi connectivity index (χ0v) is 23.7. The van der Waals surface area contributed by atoms with Gasteiger partial charge in [-0.1, -0.05) is 0 Å². The van der Waals surface area contributed by atoms with Crippen LogP contribution >= 0.6 is 0 Å². The summed E-state index contributed by atoms with van der Waals surface area (Å²) in [6, 6.07) is 0. The summed E-state index contributed by atoms with van der Waals surface area (Å²) in [5.41, 5.74) is 11.0. The second-order valence-corrected chi connectivity index (χ2v) is 31.6. The molecular formula is C19H37NSi3Sn. The predicted octanol–water partition coefficient (Wildman–Crippen LogP) is 4.53. The third-order valence-electron chi connectivity index (χ3n) is 3.09. The van der Waals surface area contributed by atoms with E-state index in [0.29, 0.717) is 0 Å². The van der Waals surface area contributed by atoms with Crippen LogP contribution in [0.15, 0.2) is 0 Å². The van der Waals surface area contributed by atoms with Gasteiger partial charge in [0.15, 0.2) is 0 Å². The normalized spacial score (nSPS) is 12.5. The summed E-state index contributed by atoms with van der Waals surface area (Å²) in [7, 11) is -4.31. The average Bonchev–Trinajstić information content (AvgIpc) is 2.38. The van der Waals surface area contributed by atoms with Crippen molar-refractivity contribution < 1.29 is 0 Å². The van der Waals surface area contributed by atoms with Gasteiger partial charge in [0, 0.05) is 0 Å². The van der Waals surface area contributed by atoms with Crippen molar-refractivity contribution in [2.24, 2.45) is 0 Å². The van der Waals surface area contributed by atoms with Gasteiger partial charge in [-0.2, -0.15) is 0 Å². The van der Waals surface area contributed by atoms with E-state index in [9.17, 15) is 0 Å². The van der Waals surface area contributed by atoms with E-state index in [0.717, 1.165) is 13.1 Å². The van der Waals surface area contributed by atoms with Crippen LogP contribution in [0.2, 0.25) is 58.9 Å². The van der Waals surface area contributed by atoms with Gasteiger partial charge in [0.25, 0.3) is 0 Å². The van der Waals surface area contributed by atoms with Crippen LogP contribution < -0.4 is 0 Å². The molecule has 1 nitrogen and oxygen atoms in total. The predicted molar refractivity (Wildman–Crippen MR) is 122 cm³/mol. The van der Waals surface area contributed by atoms with Crippen LogP contribution in [0.1, 0.15) is 13.8 Å². The van der Waals surface area contributed by atoms with Crippen molar-refractivity contribution in [3.8, 4) is 28.4 Å². The molecule has 0 saturated carbocycles. The summed E-state index contributed by atoms with van der Waals surface area (Å²) in [6.07, 6.45) is 0. The Kier molecular flexibility index (Phi) is 9.18. The third kappa shape index (κ3) is 10.2. The zero-order chi connectivity index (χ0) is 19.2. The fourth-order valence-corrected chi connectivity index (χ4v) is 22.4. The molecule has 134 valence electrons. The summed E-state index contributed by atoms with van der Waals surface area (Å²) in [5.74, 6) is 0. The first-order valence-electron chi connectivity index (χ1n) is 9.02. The van der Waals surface area contributed by atoms with E-state index in [-0.39, 0.29) is 0 Å². The molecule has 0 N–H and O–H groups in total. The van der Waals surface area contributed by atoms with E-state index in [1.165, 1.54) is 0 Å². The molecule has 0 aromatic carbocycles. The van der Waals surface area contributed by atoms with Gasteiger partial charge in [0.1, 0.15) is 0 Å². The molecule has 0 fully saturated rings. The van der Waals surface area contributed by atoms with E-state index in [1.54, 1.807) is 0 Å². The quantitative estimate of drug-likeness (QED) is 0.422. The first-order valence-corrected chi connectivity index (χ1v) is 25.1. The maximum absolute atomic E-state index is 3.77. The Morgan fingerprint density at radius 2 is 0.833 bits per heavy atom. The number of rotatable bonds is 3. The number of nitrogens with zero attached hydrogens (tertiary/aromatic N) is 1. The van der Waals surface area contributed by atoms with Crippen LogP contribution in [-0.4, -0.2) is 59.1 Å². The molecule has 24 heavy (non-hydrogen) atoms. The van der Waals surface area contributed by atoms with Crippen molar-refractivity contribution in [3.63, 3.8) is 0 Å². The Balaban J connectivity index is 6.54. The average molecular weight is 482 g/mol. The van der Waals surface area contributed by atoms with Crippen LogP contribution in [0.4, 0.5) is 0 Å². The Morgan fingerprint density at radius 1 is 0.583 bits per heavy atom. The van der Waals surface area contributed by atoms with Gasteiger partial charge >= 0.3 is 160 Å². The summed E-state index contributed by atoms with van der Waals surface area (Å²) in [4.78, 5) is 0. The van der Waals surface area contributed by atoms with Crippen molar-refractivity contribution in [2.45, 2.75) is 72.8 Å². The monoisotopic (exact) mass is 483 g/mol. The zero-order valence-electron chi connectivity index (χ0n) is 17.9. The molecular weight excluding hydrogens is 445 g/mol. The first-order chi connectivity index (χ1) is 10.6. The second kappa shape index (κ2) is 9.15. The Morgan fingerprint density at radius 3 is 1.00 bits per heavy atom. The maximum atomic E-state index is 3.77. The third-order valence-corrected chi connectivity index (χ3v) is 16.5. The van der Waals surface area contributed by atoms with Crippen molar-refractivity contribution >= 4 is 42.9 Å².